The van der Waals surface area contributed by atoms with Gasteiger partial charge in [-0.1, -0.05) is 123 Å². The van der Waals surface area contributed by atoms with Gasteiger partial charge in [-0.05, 0) is 85.3 Å². The molecule has 0 saturated heterocycles. The Labute approximate surface area is 344 Å². The lowest BCUT2D eigenvalue weighted by molar-refractivity contribution is -0.122. The highest BCUT2D eigenvalue weighted by Crippen LogP contribution is 2.34. The number of hydrogen-bond donors (Lipinski definition) is 0. The summed E-state index contributed by atoms with van der Waals surface area (Å²) in [4.78, 5) is 66.3. The van der Waals surface area contributed by atoms with Gasteiger partial charge >= 0.3 is 5.97 Å². The molecule has 7 heteroatoms. The summed E-state index contributed by atoms with van der Waals surface area (Å²) in [5.41, 5.74) is 7.30. The van der Waals surface area contributed by atoms with Crippen LogP contribution in [0, 0.1) is 11.8 Å². The van der Waals surface area contributed by atoms with E-state index in [1.807, 2.05) is 31.2 Å². The monoisotopic (exact) mass is 782 g/mol. The minimum absolute atomic E-state index is 0.00148. The van der Waals surface area contributed by atoms with Gasteiger partial charge in [-0.15, -0.1) is 0 Å². The van der Waals surface area contributed by atoms with Crippen molar-refractivity contribution >= 4 is 34.7 Å². The maximum absolute atomic E-state index is 14.0. The molecule has 2 atom stereocenters. The average molecular weight is 783 g/mol. The molecule has 3 aromatic rings. The minimum atomic E-state index is -0.527. The highest BCUT2D eigenvalue weighted by Gasteiger charge is 2.28. The second-order valence-corrected chi connectivity index (χ2v) is 14.9. The molecule has 0 fully saturated rings. The van der Waals surface area contributed by atoms with E-state index in [2.05, 4.69) is 39.0 Å². The first-order valence-corrected chi connectivity index (χ1v) is 19.6. The summed E-state index contributed by atoms with van der Waals surface area (Å²) in [6.07, 6.45) is 5.79. The van der Waals surface area contributed by atoms with E-state index in [1.54, 1.807) is 54.6 Å². The fourth-order valence-electron chi connectivity index (χ4n) is 7.50. The van der Waals surface area contributed by atoms with Crippen LogP contribution in [0.3, 0.4) is 0 Å². The van der Waals surface area contributed by atoms with Gasteiger partial charge in [0, 0.05) is 49.7 Å². The van der Waals surface area contributed by atoms with Gasteiger partial charge < -0.3 is 9.47 Å². The van der Waals surface area contributed by atoms with Crippen LogP contribution in [0.4, 0.5) is 0 Å². The van der Waals surface area contributed by atoms with E-state index in [1.165, 1.54) is 21.1 Å². The molecular formula is C51H58O7. The van der Waals surface area contributed by atoms with Crippen LogP contribution in [0.2, 0.25) is 0 Å². The SMILES string of the molecule is C=C/C(CC(=O)CCC(CC(=C)Cc1ccccc1C(=C)C)C(CCC(=O)Cc1ccccc1C(C)=O)CC(=O)Cc1ccccc1C(=O)OC)=C(\C=C)C(=C)OC. The van der Waals surface area contributed by atoms with Crippen LogP contribution in [0.5, 0.6) is 0 Å². The maximum atomic E-state index is 14.0. The molecule has 0 heterocycles. The molecular weight excluding hydrogens is 725 g/mol. The number of methoxy groups -OCH3 is 2. The van der Waals surface area contributed by atoms with Crippen molar-refractivity contribution in [1.29, 1.82) is 0 Å². The number of ether oxygens (including phenoxy) is 2. The zero-order valence-electron chi connectivity index (χ0n) is 34.7. The van der Waals surface area contributed by atoms with Gasteiger partial charge in [-0.2, -0.15) is 0 Å². The summed E-state index contributed by atoms with van der Waals surface area (Å²) in [6.45, 7) is 23.8. The lowest BCUT2D eigenvalue weighted by Crippen LogP contribution is -2.23. The average Bonchev–Trinajstić information content (AvgIpc) is 3.20. The Morgan fingerprint density at radius 2 is 1.10 bits per heavy atom. The van der Waals surface area contributed by atoms with Crippen molar-refractivity contribution < 1.29 is 33.4 Å². The number of esters is 1. The summed E-state index contributed by atoms with van der Waals surface area (Å²) in [5, 5.41) is 0. The summed E-state index contributed by atoms with van der Waals surface area (Å²) in [5.74, 6) is -0.956. The van der Waals surface area contributed by atoms with Gasteiger partial charge in [0.1, 0.15) is 23.1 Å². The molecule has 3 rings (SSSR count). The topological polar surface area (TPSA) is 104 Å². The zero-order chi connectivity index (χ0) is 42.8. The lowest BCUT2D eigenvalue weighted by Gasteiger charge is -2.28. The fourth-order valence-corrected chi connectivity index (χ4v) is 7.50. The number of allylic oxidation sites excluding steroid dienone is 5. The molecule has 0 N–H and O–H groups in total. The molecule has 0 bridgehead atoms. The zero-order valence-corrected chi connectivity index (χ0v) is 34.7. The molecule has 304 valence electrons. The van der Waals surface area contributed by atoms with Crippen LogP contribution in [0.1, 0.15) is 102 Å². The number of ketones is 4. The lowest BCUT2D eigenvalue weighted by atomic mass is 9.76. The van der Waals surface area contributed by atoms with Crippen molar-refractivity contribution in [2.24, 2.45) is 11.8 Å². The second kappa shape index (κ2) is 23.3. The largest absolute Gasteiger partial charge is 0.497 e. The van der Waals surface area contributed by atoms with E-state index >= 15 is 0 Å². The van der Waals surface area contributed by atoms with Crippen LogP contribution in [0.15, 0.2) is 140 Å². The highest BCUT2D eigenvalue weighted by atomic mass is 16.5. The molecule has 0 aromatic heterocycles. The second-order valence-electron chi connectivity index (χ2n) is 14.9. The molecule has 7 nitrogen and oxygen atoms in total. The molecule has 0 aliphatic heterocycles. The van der Waals surface area contributed by atoms with Crippen molar-refractivity contribution in [3.8, 4) is 0 Å². The maximum Gasteiger partial charge on any atom is 0.338 e. The Morgan fingerprint density at radius 3 is 1.64 bits per heavy atom. The third kappa shape index (κ3) is 13.9. The van der Waals surface area contributed by atoms with E-state index in [0.717, 1.165) is 22.3 Å². The Bertz CT molecular complexity index is 2080. The number of rotatable bonds is 26. The van der Waals surface area contributed by atoms with E-state index in [9.17, 15) is 24.0 Å². The van der Waals surface area contributed by atoms with Gasteiger partial charge in [0.2, 0.25) is 0 Å². The van der Waals surface area contributed by atoms with Crippen LogP contribution in [0.25, 0.3) is 5.57 Å². The number of benzene rings is 3. The van der Waals surface area contributed by atoms with Crippen molar-refractivity contribution in [2.45, 2.75) is 78.1 Å². The third-order valence-electron chi connectivity index (χ3n) is 10.5. The van der Waals surface area contributed by atoms with Gasteiger partial charge in [0.05, 0.1) is 19.8 Å². The number of carbonyl (C=O) groups excluding carboxylic acids is 5. The summed E-state index contributed by atoms with van der Waals surface area (Å²) >= 11 is 0. The van der Waals surface area contributed by atoms with Crippen LogP contribution in [-0.4, -0.2) is 43.3 Å². The quantitative estimate of drug-likeness (QED) is 0.0262. The molecule has 0 aliphatic carbocycles. The van der Waals surface area contributed by atoms with Gasteiger partial charge in [-0.25, -0.2) is 4.79 Å². The Balaban J connectivity index is 2.00. The van der Waals surface area contributed by atoms with E-state index in [4.69, 9.17) is 9.47 Å². The van der Waals surface area contributed by atoms with Crippen LogP contribution < -0.4 is 0 Å². The molecule has 3 aromatic carbocycles. The summed E-state index contributed by atoms with van der Waals surface area (Å²) in [6, 6.07) is 22.0. The first-order chi connectivity index (χ1) is 27.7. The first-order valence-electron chi connectivity index (χ1n) is 19.6. The van der Waals surface area contributed by atoms with Crippen LogP contribution in [-0.2, 0) is 43.1 Å². The fraction of sp³-hybridized carbons (Fsp3) is 0.314. The highest BCUT2D eigenvalue weighted by molar-refractivity contribution is 5.97. The van der Waals surface area contributed by atoms with Crippen LogP contribution >= 0.6 is 0 Å². The minimum Gasteiger partial charge on any atom is -0.497 e. The third-order valence-corrected chi connectivity index (χ3v) is 10.5. The molecule has 58 heavy (non-hydrogen) atoms. The van der Waals surface area contributed by atoms with Crippen molar-refractivity contribution in [2.75, 3.05) is 14.2 Å². The van der Waals surface area contributed by atoms with Crippen molar-refractivity contribution in [3.63, 3.8) is 0 Å². The van der Waals surface area contributed by atoms with E-state index < -0.39 is 5.97 Å². The Morgan fingerprint density at radius 1 is 0.603 bits per heavy atom. The van der Waals surface area contributed by atoms with Gasteiger partial charge in [0.25, 0.3) is 0 Å². The number of hydrogen-bond acceptors (Lipinski definition) is 7. The molecule has 0 radical (unpaired) electrons. The normalized spacial score (nSPS) is 12.3. The van der Waals surface area contributed by atoms with E-state index in [-0.39, 0.29) is 73.5 Å². The Kier molecular flexibility index (Phi) is 18.7. The molecule has 0 saturated carbocycles. The standard InChI is InChI=1S/C51H58O7/c1-10-38(47(11-2)37(7)57-8)30-44(53)26-24-39(28-35(5)29-41-18-12-15-21-48(41)34(3)4)40(25-27-45(54)32-42-19-13-16-22-49(42)36(6)52)31-46(55)33-43-20-14-17-23-50(43)51(56)58-9/h10-23,39-40H,1-3,5,7,24-33H2,4,6,8-9H3/b47-38-. The van der Waals surface area contributed by atoms with Gasteiger partial charge in [-0.3, -0.25) is 19.2 Å². The van der Waals surface area contributed by atoms with Crippen molar-refractivity contribution in [1.82, 2.24) is 0 Å². The predicted molar refractivity (Wildman–Crippen MR) is 234 cm³/mol. The smallest absolute Gasteiger partial charge is 0.338 e. The summed E-state index contributed by atoms with van der Waals surface area (Å²) < 4.78 is 10.3. The first kappa shape index (κ1) is 46.4. The molecule has 2 unspecified atom stereocenters. The molecule has 0 aliphatic rings. The molecule has 0 spiro atoms. The van der Waals surface area contributed by atoms with Gasteiger partial charge in [0.15, 0.2) is 5.78 Å². The van der Waals surface area contributed by atoms with Crippen molar-refractivity contribution in [3.05, 3.63) is 174 Å². The Hall–Kier alpha value is -5.95. The predicted octanol–water partition coefficient (Wildman–Crippen LogP) is 10.8. The molecule has 0 amide bonds. The summed E-state index contributed by atoms with van der Waals surface area (Å²) in [7, 11) is 2.80. The van der Waals surface area contributed by atoms with E-state index in [0.29, 0.717) is 64.8 Å². The number of Topliss-reactive ketones (excluding diaryl/α,β-unsaturated/α-hetero) is 4. The number of carbonyl (C=O) groups is 5.